The van der Waals surface area contributed by atoms with Crippen LogP contribution in [0.1, 0.15) is 23.6 Å². The molecule has 0 spiro atoms. The highest BCUT2D eigenvalue weighted by molar-refractivity contribution is 5.85. The number of aryl methyl sites for hydroxylation is 1. The Kier molecular flexibility index (Phi) is 7.44. The molecular weight excluding hydrogens is 369 g/mol. The Morgan fingerprint density at radius 2 is 1.81 bits per heavy atom. The van der Waals surface area contributed by atoms with E-state index in [1.807, 2.05) is 18.2 Å². The number of benzene rings is 1. The molecular formula is C20H25Cl2N3O. The summed E-state index contributed by atoms with van der Waals surface area (Å²) in [4.78, 5) is 19.1. The van der Waals surface area contributed by atoms with Gasteiger partial charge < -0.3 is 10.2 Å². The molecule has 140 valence electrons. The average Bonchev–Trinajstić information content (AvgIpc) is 3.22. The lowest BCUT2D eigenvalue weighted by Crippen LogP contribution is -2.34. The monoisotopic (exact) mass is 393 g/mol. The largest absolute Gasteiger partial charge is 0.335 e. The number of likely N-dealkylation sites (tertiary alicyclic amines) is 1. The number of nitrogens with one attached hydrogen (secondary N) is 1. The van der Waals surface area contributed by atoms with Crippen molar-refractivity contribution in [3.63, 3.8) is 0 Å². The molecule has 2 fully saturated rings. The molecule has 1 aromatic carbocycles. The van der Waals surface area contributed by atoms with Crippen molar-refractivity contribution in [3.8, 4) is 0 Å². The number of pyridine rings is 1. The zero-order valence-electron chi connectivity index (χ0n) is 14.6. The standard InChI is InChI=1S/C20H23N3O.2ClH/c24-19(7-6-15-8-10-21-11-9-15)23-14-17-12-22-13-18(17)20(23)16-4-2-1-3-5-16;;/h1-5,8-11,17-18,20,22H,6-7,12-14H2;2*1H/t17-,18-,20-;;/m0../s1. The zero-order chi connectivity index (χ0) is 16.4. The molecule has 2 aliphatic heterocycles. The lowest BCUT2D eigenvalue weighted by molar-refractivity contribution is -0.132. The van der Waals surface area contributed by atoms with E-state index in [-0.39, 0.29) is 36.8 Å². The minimum absolute atomic E-state index is 0. The third kappa shape index (κ3) is 4.20. The van der Waals surface area contributed by atoms with Crippen LogP contribution >= 0.6 is 24.8 Å². The summed E-state index contributed by atoms with van der Waals surface area (Å²) in [6.45, 7) is 2.92. The Hall–Kier alpha value is -1.62. The summed E-state index contributed by atoms with van der Waals surface area (Å²) < 4.78 is 0. The predicted molar refractivity (Wildman–Crippen MR) is 108 cm³/mol. The second kappa shape index (κ2) is 9.36. The van der Waals surface area contributed by atoms with E-state index in [2.05, 4.69) is 39.5 Å². The highest BCUT2D eigenvalue weighted by Gasteiger charge is 2.46. The van der Waals surface area contributed by atoms with E-state index in [4.69, 9.17) is 0 Å². The first-order valence-electron chi connectivity index (χ1n) is 8.77. The van der Waals surface area contributed by atoms with Gasteiger partial charge in [-0.1, -0.05) is 30.3 Å². The first-order chi connectivity index (χ1) is 11.8. The maximum Gasteiger partial charge on any atom is 0.223 e. The van der Waals surface area contributed by atoms with Crippen LogP contribution in [0.2, 0.25) is 0 Å². The fourth-order valence-electron chi connectivity index (χ4n) is 4.20. The van der Waals surface area contributed by atoms with Crippen molar-refractivity contribution in [2.45, 2.75) is 18.9 Å². The Labute approximate surface area is 167 Å². The highest BCUT2D eigenvalue weighted by atomic mass is 35.5. The summed E-state index contributed by atoms with van der Waals surface area (Å²) in [6, 6.07) is 14.7. The van der Waals surface area contributed by atoms with E-state index >= 15 is 0 Å². The molecule has 2 aromatic rings. The maximum absolute atomic E-state index is 12.9. The van der Waals surface area contributed by atoms with E-state index < -0.39 is 0 Å². The molecule has 4 nitrogen and oxygen atoms in total. The van der Waals surface area contributed by atoms with Gasteiger partial charge in [0.25, 0.3) is 0 Å². The Morgan fingerprint density at radius 1 is 1.08 bits per heavy atom. The second-order valence-electron chi connectivity index (χ2n) is 6.84. The lowest BCUT2D eigenvalue weighted by atomic mass is 9.89. The fourth-order valence-corrected chi connectivity index (χ4v) is 4.20. The van der Waals surface area contributed by atoms with Crippen LogP contribution in [0.5, 0.6) is 0 Å². The molecule has 2 saturated heterocycles. The van der Waals surface area contributed by atoms with Crippen LogP contribution < -0.4 is 5.32 Å². The molecule has 6 heteroatoms. The summed E-state index contributed by atoms with van der Waals surface area (Å²) in [5.74, 6) is 1.40. The Morgan fingerprint density at radius 3 is 2.54 bits per heavy atom. The van der Waals surface area contributed by atoms with Crippen LogP contribution in [0, 0.1) is 11.8 Å². The van der Waals surface area contributed by atoms with Gasteiger partial charge >= 0.3 is 0 Å². The minimum atomic E-state index is 0. The summed E-state index contributed by atoms with van der Waals surface area (Å²) in [6.07, 6.45) is 4.93. The molecule has 4 rings (SSSR count). The van der Waals surface area contributed by atoms with Crippen molar-refractivity contribution < 1.29 is 4.79 Å². The molecule has 0 aliphatic carbocycles. The van der Waals surface area contributed by atoms with Gasteiger partial charge in [0, 0.05) is 44.4 Å². The van der Waals surface area contributed by atoms with Gasteiger partial charge in [-0.15, -0.1) is 24.8 Å². The van der Waals surface area contributed by atoms with E-state index in [0.29, 0.717) is 18.3 Å². The van der Waals surface area contributed by atoms with Gasteiger partial charge in [0.1, 0.15) is 0 Å². The number of halogens is 2. The number of carbonyl (C=O) groups excluding carboxylic acids is 1. The Bertz CT molecular complexity index is 699. The van der Waals surface area contributed by atoms with Gasteiger partial charge in [-0.2, -0.15) is 0 Å². The van der Waals surface area contributed by atoms with Crippen LogP contribution in [-0.2, 0) is 11.2 Å². The van der Waals surface area contributed by atoms with Gasteiger partial charge in [-0.25, -0.2) is 0 Å². The first kappa shape index (κ1) is 20.7. The normalized spacial score (nSPS) is 23.7. The molecule has 0 bridgehead atoms. The molecule has 1 amide bonds. The molecule has 1 N–H and O–H groups in total. The quantitative estimate of drug-likeness (QED) is 0.866. The van der Waals surface area contributed by atoms with Crippen LogP contribution in [0.3, 0.4) is 0 Å². The lowest BCUT2D eigenvalue weighted by Gasteiger charge is -2.28. The third-order valence-corrected chi connectivity index (χ3v) is 5.40. The predicted octanol–water partition coefficient (Wildman–Crippen LogP) is 3.28. The topological polar surface area (TPSA) is 45.2 Å². The number of carbonyl (C=O) groups is 1. The first-order valence-corrected chi connectivity index (χ1v) is 8.77. The number of amides is 1. The molecule has 0 unspecified atom stereocenters. The van der Waals surface area contributed by atoms with Gasteiger partial charge in [0.15, 0.2) is 0 Å². The van der Waals surface area contributed by atoms with Gasteiger partial charge in [0.2, 0.25) is 5.91 Å². The number of hydrogen-bond acceptors (Lipinski definition) is 3. The summed E-state index contributed by atoms with van der Waals surface area (Å²) in [5.41, 5.74) is 2.45. The Balaban J connectivity index is 0.00000121. The van der Waals surface area contributed by atoms with Gasteiger partial charge in [-0.3, -0.25) is 9.78 Å². The van der Waals surface area contributed by atoms with Crippen molar-refractivity contribution in [1.82, 2.24) is 15.2 Å². The van der Waals surface area contributed by atoms with Crippen LogP contribution in [0.15, 0.2) is 54.9 Å². The summed E-state index contributed by atoms with van der Waals surface area (Å²) in [7, 11) is 0. The second-order valence-corrected chi connectivity index (χ2v) is 6.84. The summed E-state index contributed by atoms with van der Waals surface area (Å²) >= 11 is 0. The van der Waals surface area contributed by atoms with E-state index in [9.17, 15) is 4.79 Å². The van der Waals surface area contributed by atoms with Gasteiger partial charge in [0.05, 0.1) is 6.04 Å². The van der Waals surface area contributed by atoms with Crippen LogP contribution in [0.4, 0.5) is 0 Å². The highest BCUT2D eigenvalue weighted by Crippen LogP contribution is 2.42. The fraction of sp³-hybridized carbons (Fsp3) is 0.400. The van der Waals surface area contributed by atoms with E-state index in [1.165, 1.54) is 11.1 Å². The molecule has 2 aliphatic rings. The van der Waals surface area contributed by atoms with Crippen LogP contribution in [0.25, 0.3) is 0 Å². The SMILES string of the molecule is Cl.Cl.O=C(CCc1ccncc1)N1C[C@@H]2CNC[C@@H]2[C@@H]1c1ccccc1. The average molecular weight is 394 g/mol. The smallest absolute Gasteiger partial charge is 0.223 e. The van der Waals surface area contributed by atoms with E-state index in [0.717, 1.165) is 26.1 Å². The minimum Gasteiger partial charge on any atom is -0.335 e. The third-order valence-electron chi connectivity index (χ3n) is 5.40. The van der Waals surface area contributed by atoms with Crippen molar-refractivity contribution in [2.24, 2.45) is 11.8 Å². The number of nitrogens with zero attached hydrogens (tertiary/aromatic N) is 2. The van der Waals surface area contributed by atoms with Crippen molar-refractivity contribution in [3.05, 3.63) is 66.0 Å². The van der Waals surface area contributed by atoms with Crippen molar-refractivity contribution in [1.29, 1.82) is 0 Å². The number of rotatable bonds is 4. The maximum atomic E-state index is 12.9. The number of fused-ring (bicyclic) bond motifs is 1. The molecule has 26 heavy (non-hydrogen) atoms. The zero-order valence-corrected chi connectivity index (χ0v) is 16.2. The number of aromatic nitrogens is 1. The molecule has 3 atom stereocenters. The van der Waals surface area contributed by atoms with Crippen LogP contribution in [-0.4, -0.2) is 35.4 Å². The van der Waals surface area contributed by atoms with E-state index in [1.54, 1.807) is 12.4 Å². The molecule has 3 heterocycles. The molecule has 0 radical (unpaired) electrons. The summed E-state index contributed by atoms with van der Waals surface area (Å²) in [5, 5.41) is 3.50. The van der Waals surface area contributed by atoms with Crippen molar-refractivity contribution in [2.75, 3.05) is 19.6 Å². The van der Waals surface area contributed by atoms with Crippen molar-refractivity contribution >= 4 is 30.7 Å². The molecule has 0 saturated carbocycles. The number of hydrogen-bond donors (Lipinski definition) is 1. The van der Waals surface area contributed by atoms with Gasteiger partial charge in [-0.05, 0) is 35.6 Å². The molecule has 1 aromatic heterocycles.